The number of aliphatic hydroxyl groups is 1. The van der Waals surface area contributed by atoms with Crippen LogP contribution in [-0.4, -0.2) is 39.0 Å². The van der Waals surface area contributed by atoms with Gasteiger partial charge in [-0.1, -0.05) is 0 Å². The number of methoxy groups -OCH3 is 2. The van der Waals surface area contributed by atoms with Gasteiger partial charge in [-0.2, -0.15) is 0 Å². The molecule has 4 heteroatoms. The maximum Gasteiger partial charge on any atom is 0.182 e. The Balaban J connectivity index is 3.09. The lowest BCUT2D eigenvalue weighted by Crippen LogP contribution is -2.20. The minimum atomic E-state index is -0.565. The van der Waals surface area contributed by atoms with Gasteiger partial charge >= 0.3 is 0 Å². The third-order valence-corrected chi connectivity index (χ3v) is 0.784. The Morgan fingerprint density at radius 1 is 1.44 bits per heavy atom. The third-order valence-electron chi connectivity index (χ3n) is 0.784. The van der Waals surface area contributed by atoms with Gasteiger partial charge in [-0.05, 0) is 0 Å². The van der Waals surface area contributed by atoms with Gasteiger partial charge in [0.25, 0.3) is 0 Å². The van der Waals surface area contributed by atoms with E-state index in [2.05, 4.69) is 9.47 Å². The Labute approximate surface area is 54.3 Å². The first-order valence-corrected chi connectivity index (χ1v) is 2.59. The SMILES string of the molecule is COCOC(CO)OC. The van der Waals surface area contributed by atoms with Gasteiger partial charge in [0.2, 0.25) is 0 Å². The molecule has 1 atom stereocenters. The summed E-state index contributed by atoms with van der Waals surface area (Å²) in [6.07, 6.45) is -0.565. The van der Waals surface area contributed by atoms with Crippen LogP contribution in [0.3, 0.4) is 0 Å². The van der Waals surface area contributed by atoms with Crippen LogP contribution in [0.4, 0.5) is 0 Å². The van der Waals surface area contributed by atoms with Crippen molar-refractivity contribution in [3.63, 3.8) is 0 Å². The lowest BCUT2D eigenvalue weighted by Gasteiger charge is -2.11. The Morgan fingerprint density at radius 2 is 2.11 bits per heavy atom. The zero-order valence-corrected chi connectivity index (χ0v) is 5.66. The summed E-state index contributed by atoms with van der Waals surface area (Å²) in [4.78, 5) is 0. The molecule has 0 radical (unpaired) electrons. The van der Waals surface area contributed by atoms with Crippen LogP contribution in [-0.2, 0) is 14.2 Å². The molecule has 0 aromatic carbocycles. The highest BCUT2D eigenvalue weighted by Crippen LogP contribution is 1.89. The molecule has 0 aliphatic carbocycles. The number of aliphatic hydroxyl groups excluding tert-OH is 1. The predicted molar refractivity (Wildman–Crippen MR) is 30.8 cm³/mol. The summed E-state index contributed by atoms with van der Waals surface area (Å²) in [5.41, 5.74) is 0. The van der Waals surface area contributed by atoms with Gasteiger partial charge in [-0.15, -0.1) is 0 Å². The molecule has 0 aliphatic heterocycles. The van der Waals surface area contributed by atoms with Crippen LogP contribution in [0.25, 0.3) is 0 Å². The van der Waals surface area contributed by atoms with Crippen molar-refractivity contribution in [3.05, 3.63) is 0 Å². The molecular weight excluding hydrogens is 124 g/mol. The van der Waals surface area contributed by atoms with Gasteiger partial charge in [-0.3, -0.25) is 0 Å². The van der Waals surface area contributed by atoms with Crippen molar-refractivity contribution in [3.8, 4) is 0 Å². The van der Waals surface area contributed by atoms with Gasteiger partial charge in [-0.25, -0.2) is 0 Å². The van der Waals surface area contributed by atoms with Crippen LogP contribution >= 0.6 is 0 Å². The standard InChI is InChI=1S/C5H12O4/c1-7-4-9-5(3-6)8-2/h5-6H,3-4H2,1-2H3. The van der Waals surface area contributed by atoms with Crippen LogP contribution in [0.15, 0.2) is 0 Å². The molecule has 9 heavy (non-hydrogen) atoms. The van der Waals surface area contributed by atoms with E-state index in [0.717, 1.165) is 0 Å². The lowest BCUT2D eigenvalue weighted by molar-refractivity contribution is -0.190. The van der Waals surface area contributed by atoms with Crippen molar-refractivity contribution in [2.45, 2.75) is 6.29 Å². The van der Waals surface area contributed by atoms with E-state index >= 15 is 0 Å². The zero-order valence-electron chi connectivity index (χ0n) is 5.66. The summed E-state index contributed by atoms with van der Waals surface area (Å²) in [7, 11) is 2.96. The minimum absolute atomic E-state index is 0.138. The second-order valence-electron chi connectivity index (χ2n) is 1.42. The summed E-state index contributed by atoms with van der Waals surface area (Å²) in [5.74, 6) is 0. The Hall–Kier alpha value is -0.160. The first kappa shape index (κ1) is 8.84. The molecule has 0 aromatic heterocycles. The summed E-state index contributed by atoms with van der Waals surface area (Å²) < 4.78 is 14.0. The van der Waals surface area contributed by atoms with E-state index in [4.69, 9.17) is 9.84 Å². The van der Waals surface area contributed by atoms with Crippen molar-refractivity contribution < 1.29 is 19.3 Å². The largest absolute Gasteiger partial charge is 0.391 e. The highest BCUT2D eigenvalue weighted by Gasteiger charge is 2.02. The highest BCUT2D eigenvalue weighted by molar-refractivity contribution is 4.32. The van der Waals surface area contributed by atoms with Crippen LogP contribution in [0.2, 0.25) is 0 Å². The zero-order chi connectivity index (χ0) is 7.11. The summed E-state index contributed by atoms with van der Waals surface area (Å²) in [6.45, 7) is -0.0150. The maximum absolute atomic E-state index is 8.45. The quantitative estimate of drug-likeness (QED) is 0.521. The summed E-state index contributed by atoms with van der Waals surface area (Å²) >= 11 is 0. The van der Waals surface area contributed by atoms with Gasteiger partial charge in [0.15, 0.2) is 6.29 Å². The fourth-order valence-electron chi connectivity index (χ4n) is 0.339. The molecule has 0 fully saturated rings. The van der Waals surface area contributed by atoms with Gasteiger partial charge in [0.1, 0.15) is 6.79 Å². The molecule has 0 rings (SSSR count). The van der Waals surface area contributed by atoms with Crippen LogP contribution in [0.5, 0.6) is 0 Å². The van der Waals surface area contributed by atoms with Crippen molar-refractivity contribution in [1.82, 2.24) is 0 Å². The van der Waals surface area contributed by atoms with Crippen molar-refractivity contribution >= 4 is 0 Å². The average Bonchev–Trinajstić information content (AvgIpc) is 1.91. The van der Waals surface area contributed by atoms with E-state index in [0.29, 0.717) is 0 Å². The normalized spacial score (nSPS) is 13.7. The van der Waals surface area contributed by atoms with E-state index in [1.807, 2.05) is 0 Å². The van der Waals surface area contributed by atoms with E-state index in [-0.39, 0.29) is 13.4 Å². The third kappa shape index (κ3) is 4.35. The second kappa shape index (κ2) is 5.97. The molecule has 1 unspecified atom stereocenters. The molecule has 0 spiro atoms. The smallest absolute Gasteiger partial charge is 0.182 e. The Bertz CT molecular complexity index is 52.9. The number of hydrogen-bond donors (Lipinski definition) is 1. The van der Waals surface area contributed by atoms with Gasteiger partial charge in [0, 0.05) is 14.2 Å². The molecule has 0 heterocycles. The highest BCUT2D eigenvalue weighted by atomic mass is 16.7. The fourth-order valence-corrected chi connectivity index (χ4v) is 0.339. The van der Waals surface area contributed by atoms with Crippen molar-refractivity contribution in [1.29, 1.82) is 0 Å². The first-order valence-electron chi connectivity index (χ1n) is 2.59. The van der Waals surface area contributed by atoms with E-state index in [9.17, 15) is 0 Å². The second-order valence-corrected chi connectivity index (χ2v) is 1.42. The number of ether oxygens (including phenoxy) is 3. The van der Waals surface area contributed by atoms with Crippen molar-refractivity contribution in [2.75, 3.05) is 27.6 Å². The van der Waals surface area contributed by atoms with E-state index in [1.54, 1.807) is 0 Å². The molecule has 0 amide bonds. The molecule has 0 aliphatic rings. The molecule has 0 aromatic rings. The lowest BCUT2D eigenvalue weighted by atomic mass is 10.7. The van der Waals surface area contributed by atoms with Gasteiger partial charge < -0.3 is 19.3 Å². The van der Waals surface area contributed by atoms with Gasteiger partial charge in [0.05, 0.1) is 6.61 Å². The maximum atomic E-state index is 8.45. The van der Waals surface area contributed by atoms with E-state index in [1.165, 1.54) is 14.2 Å². The van der Waals surface area contributed by atoms with E-state index < -0.39 is 6.29 Å². The monoisotopic (exact) mass is 136 g/mol. The Morgan fingerprint density at radius 3 is 2.44 bits per heavy atom. The topological polar surface area (TPSA) is 47.9 Å². The summed E-state index contributed by atoms with van der Waals surface area (Å²) in [5, 5.41) is 8.45. The first-order chi connectivity index (χ1) is 4.35. The fraction of sp³-hybridized carbons (Fsp3) is 1.00. The molecule has 0 bridgehead atoms. The van der Waals surface area contributed by atoms with Crippen LogP contribution < -0.4 is 0 Å². The molecule has 0 saturated heterocycles. The number of rotatable bonds is 5. The molecule has 0 saturated carbocycles. The molecule has 4 nitrogen and oxygen atoms in total. The van der Waals surface area contributed by atoms with Crippen molar-refractivity contribution in [2.24, 2.45) is 0 Å². The molecule has 1 N–H and O–H groups in total. The summed E-state index contributed by atoms with van der Waals surface area (Å²) in [6, 6.07) is 0. The molecular formula is C5H12O4. The Kier molecular flexibility index (Phi) is 5.86. The average molecular weight is 136 g/mol. The van der Waals surface area contributed by atoms with Crippen LogP contribution in [0, 0.1) is 0 Å². The minimum Gasteiger partial charge on any atom is -0.391 e. The molecule has 56 valence electrons. The number of hydrogen-bond acceptors (Lipinski definition) is 4. The van der Waals surface area contributed by atoms with Crippen LogP contribution in [0.1, 0.15) is 0 Å². The predicted octanol–water partition coefficient (Wildman–Crippen LogP) is -0.428.